The van der Waals surface area contributed by atoms with Crippen LogP contribution in [0.15, 0.2) is 45.3 Å². The van der Waals surface area contributed by atoms with Crippen LogP contribution in [0.5, 0.6) is 5.75 Å². The quantitative estimate of drug-likeness (QED) is 0.667. The van der Waals surface area contributed by atoms with Gasteiger partial charge in [0.2, 0.25) is 0 Å². The molecule has 0 saturated heterocycles. The Hall–Kier alpha value is -1.13. The van der Waals surface area contributed by atoms with Crippen molar-refractivity contribution in [2.24, 2.45) is 0 Å². The Morgan fingerprint density at radius 3 is 2.45 bits per heavy atom. The van der Waals surface area contributed by atoms with Gasteiger partial charge in [-0.05, 0) is 65.7 Å². The van der Waals surface area contributed by atoms with E-state index in [4.69, 9.17) is 4.74 Å². The summed E-state index contributed by atoms with van der Waals surface area (Å²) in [7, 11) is 0. The summed E-state index contributed by atoms with van der Waals surface area (Å²) >= 11 is 6.88. The Balaban J connectivity index is 2.36. The Morgan fingerprint density at radius 1 is 1.10 bits per heavy atom. The number of benzene rings is 2. The van der Waals surface area contributed by atoms with Crippen LogP contribution in [0.4, 0.5) is 0 Å². The second kappa shape index (κ2) is 6.55. The second-order valence-electron chi connectivity index (χ2n) is 4.39. The molecule has 0 atom stereocenters. The molecule has 0 N–H and O–H groups in total. The van der Waals surface area contributed by atoms with Crippen molar-refractivity contribution in [2.45, 2.75) is 13.8 Å². The van der Waals surface area contributed by atoms with Crippen molar-refractivity contribution in [3.63, 3.8) is 0 Å². The predicted octanol–water partition coefficient (Wildman–Crippen LogP) is 5.15. The maximum absolute atomic E-state index is 12.5. The van der Waals surface area contributed by atoms with Crippen LogP contribution in [0.3, 0.4) is 0 Å². The van der Waals surface area contributed by atoms with E-state index in [1.165, 1.54) is 0 Å². The van der Waals surface area contributed by atoms with Crippen molar-refractivity contribution in [3.8, 4) is 5.75 Å². The molecule has 2 aromatic rings. The van der Waals surface area contributed by atoms with Gasteiger partial charge in [0.15, 0.2) is 5.78 Å². The van der Waals surface area contributed by atoms with Gasteiger partial charge in [0, 0.05) is 15.6 Å². The molecule has 0 aliphatic carbocycles. The standard InChI is InChI=1S/C16H14Br2O2/c1-3-20-15-7-5-11(9-14(15)18)16(19)12-6-4-10(2)8-13(12)17/h4-9H,3H2,1-2H3. The molecule has 0 aliphatic rings. The highest BCUT2D eigenvalue weighted by molar-refractivity contribution is 9.10. The van der Waals surface area contributed by atoms with E-state index in [2.05, 4.69) is 31.9 Å². The molecule has 2 aromatic carbocycles. The highest BCUT2D eigenvalue weighted by Gasteiger charge is 2.14. The van der Waals surface area contributed by atoms with Crippen LogP contribution in [-0.4, -0.2) is 12.4 Å². The molecule has 0 amide bonds. The molecule has 0 fully saturated rings. The molecule has 0 heterocycles. The maximum Gasteiger partial charge on any atom is 0.194 e. The van der Waals surface area contributed by atoms with E-state index < -0.39 is 0 Å². The average molecular weight is 398 g/mol. The molecular weight excluding hydrogens is 384 g/mol. The number of carbonyl (C=O) groups excluding carboxylic acids is 1. The van der Waals surface area contributed by atoms with Crippen LogP contribution < -0.4 is 4.74 Å². The van der Waals surface area contributed by atoms with Crippen molar-refractivity contribution in [2.75, 3.05) is 6.61 Å². The van der Waals surface area contributed by atoms with Gasteiger partial charge in [-0.2, -0.15) is 0 Å². The summed E-state index contributed by atoms with van der Waals surface area (Å²) < 4.78 is 7.05. The SMILES string of the molecule is CCOc1ccc(C(=O)c2ccc(C)cc2Br)cc1Br. The van der Waals surface area contributed by atoms with E-state index in [0.717, 1.165) is 20.3 Å². The van der Waals surface area contributed by atoms with E-state index >= 15 is 0 Å². The van der Waals surface area contributed by atoms with Gasteiger partial charge in [-0.15, -0.1) is 0 Å². The molecule has 0 spiro atoms. The number of rotatable bonds is 4. The normalized spacial score (nSPS) is 10.4. The summed E-state index contributed by atoms with van der Waals surface area (Å²) in [4.78, 5) is 12.5. The Labute approximate surface area is 135 Å². The van der Waals surface area contributed by atoms with E-state index in [9.17, 15) is 4.79 Å². The Kier molecular flexibility index (Phi) is 5.00. The van der Waals surface area contributed by atoms with Crippen LogP contribution in [0.1, 0.15) is 28.4 Å². The molecule has 0 aliphatic heterocycles. The van der Waals surface area contributed by atoms with E-state index in [-0.39, 0.29) is 5.78 Å². The lowest BCUT2D eigenvalue weighted by Crippen LogP contribution is -2.03. The number of ether oxygens (including phenoxy) is 1. The molecule has 104 valence electrons. The molecule has 2 rings (SSSR count). The lowest BCUT2D eigenvalue weighted by molar-refractivity contribution is 0.103. The number of carbonyl (C=O) groups is 1. The first-order valence-electron chi connectivity index (χ1n) is 6.26. The lowest BCUT2D eigenvalue weighted by Gasteiger charge is -2.09. The highest BCUT2D eigenvalue weighted by atomic mass is 79.9. The summed E-state index contributed by atoms with van der Waals surface area (Å²) in [6, 6.07) is 11.1. The minimum atomic E-state index is -0.0133. The van der Waals surface area contributed by atoms with Crippen molar-refractivity contribution in [1.29, 1.82) is 0 Å². The van der Waals surface area contributed by atoms with E-state index in [0.29, 0.717) is 17.7 Å². The van der Waals surface area contributed by atoms with Gasteiger partial charge in [0.05, 0.1) is 11.1 Å². The summed E-state index contributed by atoms with van der Waals surface area (Å²) in [5, 5.41) is 0. The molecule has 0 saturated carbocycles. The fourth-order valence-electron chi connectivity index (χ4n) is 1.87. The smallest absolute Gasteiger partial charge is 0.194 e. The van der Waals surface area contributed by atoms with Gasteiger partial charge in [-0.3, -0.25) is 4.79 Å². The van der Waals surface area contributed by atoms with Gasteiger partial charge in [0.1, 0.15) is 5.75 Å². The predicted molar refractivity (Wildman–Crippen MR) is 87.6 cm³/mol. The summed E-state index contributed by atoms with van der Waals surface area (Å²) in [6.45, 7) is 4.51. The van der Waals surface area contributed by atoms with Crippen LogP contribution in [0.25, 0.3) is 0 Å². The number of hydrogen-bond donors (Lipinski definition) is 0. The number of ketones is 1. The molecule has 0 unspecified atom stereocenters. The number of aryl methyl sites for hydroxylation is 1. The first-order chi connectivity index (χ1) is 9.52. The zero-order valence-corrected chi connectivity index (χ0v) is 14.4. The molecular formula is C16H14Br2O2. The first-order valence-corrected chi connectivity index (χ1v) is 7.84. The molecule has 2 nitrogen and oxygen atoms in total. The third-order valence-corrected chi connectivity index (χ3v) is 4.14. The van der Waals surface area contributed by atoms with Gasteiger partial charge in [-0.1, -0.05) is 22.0 Å². The minimum absolute atomic E-state index is 0.0133. The molecule has 0 aromatic heterocycles. The second-order valence-corrected chi connectivity index (χ2v) is 6.10. The van der Waals surface area contributed by atoms with Gasteiger partial charge in [-0.25, -0.2) is 0 Å². The topological polar surface area (TPSA) is 26.3 Å². The summed E-state index contributed by atoms with van der Waals surface area (Å²) in [6.07, 6.45) is 0. The largest absolute Gasteiger partial charge is 0.493 e. The Bertz CT molecular complexity index is 651. The van der Waals surface area contributed by atoms with Crippen molar-refractivity contribution < 1.29 is 9.53 Å². The van der Waals surface area contributed by atoms with E-state index in [1.807, 2.05) is 38.1 Å². The van der Waals surface area contributed by atoms with Gasteiger partial charge >= 0.3 is 0 Å². The van der Waals surface area contributed by atoms with E-state index in [1.54, 1.807) is 12.1 Å². The molecule has 0 bridgehead atoms. The third kappa shape index (κ3) is 3.30. The highest BCUT2D eigenvalue weighted by Crippen LogP contribution is 2.28. The molecule has 4 heteroatoms. The van der Waals surface area contributed by atoms with Crippen molar-refractivity contribution >= 4 is 37.6 Å². The summed E-state index contributed by atoms with van der Waals surface area (Å²) in [5.41, 5.74) is 2.40. The van der Waals surface area contributed by atoms with Gasteiger partial charge < -0.3 is 4.74 Å². The monoisotopic (exact) mass is 396 g/mol. The zero-order chi connectivity index (χ0) is 14.7. The third-order valence-electron chi connectivity index (χ3n) is 2.86. The zero-order valence-electron chi connectivity index (χ0n) is 11.2. The average Bonchev–Trinajstić information content (AvgIpc) is 2.40. The fourth-order valence-corrected chi connectivity index (χ4v) is 3.04. The number of hydrogen-bond acceptors (Lipinski definition) is 2. The molecule has 20 heavy (non-hydrogen) atoms. The number of halogens is 2. The van der Waals surface area contributed by atoms with Gasteiger partial charge in [0.25, 0.3) is 0 Å². The van der Waals surface area contributed by atoms with Crippen LogP contribution in [0, 0.1) is 6.92 Å². The minimum Gasteiger partial charge on any atom is -0.493 e. The molecule has 0 radical (unpaired) electrons. The Morgan fingerprint density at radius 2 is 1.85 bits per heavy atom. The maximum atomic E-state index is 12.5. The van der Waals surface area contributed by atoms with Crippen LogP contribution >= 0.6 is 31.9 Å². The lowest BCUT2D eigenvalue weighted by atomic mass is 10.0. The van der Waals surface area contributed by atoms with Crippen LogP contribution in [0.2, 0.25) is 0 Å². The summed E-state index contributed by atoms with van der Waals surface area (Å²) in [5.74, 6) is 0.729. The fraction of sp³-hybridized carbons (Fsp3) is 0.188. The first kappa shape index (κ1) is 15.3. The van der Waals surface area contributed by atoms with Crippen molar-refractivity contribution in [3.05, 3.63) is 62.0 Å². The van der Waals surface area contributed by atoms with Crippen molar-refractivity contribution in [1.82, 2.24) is 0 Å². The van der Waals surface area contributed by atoms with Crippen LogP contribution in [-0.2, 0) is 0 Å².